The van der Waals surface area contributed by atoms with E-state index in [0.717, 1.165) is 19.3 Å². The zero-order valence-electron chi connectivity index (χ0n) is 19.3. The van der Waals surface area contributed by atoms with Crippen LogP contribution in [0.5, 0.6) is 11.5 Å². The van der Waals surface area contributed by atoms with E-state index < -0.39 is 17.7 Å². The first-order valence-corrected chi connectivity index (χ1v) is 11.2. The molecule has 0 unspecified atom stereocenters. The molecule has 2 aromatic rings. The summed E-state index contributed by atoms with van der Waals surface area (Å²) >= 11 is 0. The Balaban J connectivity index is 1.50. The smallest absolute Gasteiger partial charge is 0.338 e. The summed E-state index contributed by atoms with van der Waals surface area (Å²) in [6.45, 7) is 1.42. The summed E-state index contributed by atoms with van der Waals surface area (Å²) in [5.41, 5.74) is 0.612. The summed E-state index contributed by atoms with van der Waals surface area (Å²) in [4.78, 5) is 36.6. The summed E-state index contributed by atoms with van der Waals surface area (Å²) in [6, 6.07) is 9.79. The molecule has 182 valence electrons. The number of ether oxygens (including phenoxy) is 3. The molecule has 0 radical (unpaired) electrons. The van der Waals surface area contributed by atoms with Crippen molar-refractivity contribution in [2.24, 2.45) is 5.92 Å². The molecule has 0 aliphatic heterocycles. The van der Waals surface area contributed by atoms with E-state index in [9.17, 15) is 18.8 Å². The third-order valence-corrected chi connectivity index (χ3v) is 5.68. The van der Waals surface area contributed by atoms with Crippen LogP contribution in [0.1, 0.15) is 43.0 Å². The number of anilines is 1. The van der Waals surface area contributed by atoms with Crippen molar-refractivity contribution in [1.29, 1.82) is 0 Å². The van der Waals surface area contributed by atoms with Crippen LogP contribution in [0, 0.1) is 11.7 Å². The molecular formula is C25H29FN2O6. The van der Waals surface area contributed by atoms with Crippen molar-refractivity contribution in [3.05, 3.63) is 53.8 Å². The molecule has 0 aromatic heterocycles. The highest BCUT2D eigenvalue weighted by Gasteiger charge is 2.23. The van der Waals surface area contributed by atoms with E-state index in [0.29, 0.717) is 11.6 Å². The number of carbonyl (C=O) groups excluding carboxylic acids is 3. The lowest BCUT2D eigenvalue weighted by Gasteiger charge is -2.29. The van der Waals surface area contributed by atoms with Gasteiger partial charge in [-0.3, -0.25) is 9.59 Å². The largest absolute Gasteiger partial charge is 0.493 e. The molecule has 1 aliphatic carbocycles. The van der Waals surface area contributed by atoms with Crippen LogP contribution < -0.4 is 20.1 Å². The van der Waals surface area contributed by atoms with Gasteiger partial charge in [0.25, 0.3) is 11.8 Å². The van der Waals surface area contributed by atoms with Crippen LogP contribution in [-0.4, -0.2) is 44.1 Å². The predicted octanol–water partition coefficient (Wildman–Crippen LogP) is 3.70. The number of hydrogen-bond acceptors (Lipinski definition) is 6. The lowest BCUT2D eigenvalue weighted by Crippen LogP contribution is -2.42. The van der Waals surface area contributed by atoms with E-state index in [4.69, 9.17) is 14.2 Å². The second-order valence-electron chi connectivity index (χ2n) is 8.22. The molecule has 8 nitrogen and oxygen atoms in total. The number of methoxy groups -OCH3 is 1. The van der Waals surface area contributed by atoms with Crippen LogP contribution in [0.3, 0.4) is 0 Å². The molecule has 2 N–H and O–H groups in total. The van der Waals surface area contributed by atoms with Gasteiger partial charge in [0.2, 0.25) is 0 Å². The molecule has 0 heterocycles. The molecule has 2 atom stereocenters. The maximum atomic E-state index is 13.0. The lowest BCUT2D eigenvalue weighted by atomic mass is 9.86. The monoisotopic (exact) mass is 472 g/mol. The normalized spacial score (nSPS) is 17.4. The predicted molar refractivity (Wildman–Crippen MR) is 123 cm³/mol. The van der Waals surface area contributed by atoms with Gasteiger partial charge >= 0.3 is 5.97 Å². The van der Waals surface area contributed by atoms with Crippen LogP contribution in [0.4, 0.5) is 10.1 Å². The van der Waals surface area contributed by atoms with Gasteiger partial charge in [0.05, 0.1) is 12.7 Å². The topological polar surface area (TPSA) is 103 Å². The highest BCUT2D eigenvalue weighted by atomic mass is 19.1. The Kier molecular flexibility index (Phi) is 8.84. The highest BCUT2D eigenvalue weighted by Crippen LogP contribution is 2.28. The second kappa shape index (κ2) is 12.0. The van der Waals surface area contributed by atoms with Crippen molar-refractivity contribution in [1.82, 2.24) is 5.32 Å². The zero-order chi connectivity index (χ0) is 24.5. The van der Waals surface area contributed by atoms with Crippen LogP contribution in [0.15, 0.2) is 42.5 Å². The van der Waals surface area contributed by atoms with Crippen LogP contribution in [-0.2, 0) is 14.3 Å². The number of benzene rings is 2. The Morgan fingerprint density at radius 2 is 1.71 bits per heavy atom. The van der Waals surface area contributed by atoms with Crippen molar-refractivity contribution in [3.63, 3.8) is 0 Å². The molecule has 2 amide bonds. The number of hydrogen-bond donors (Lipinski definition) is 2. The molecule has 1 saturated carbocycles. The fourth-order valence-electron chi connectivity index (χ4n) is 3.78. The van der Waals surface area contributed by atoms with Gasteiger partial charge in [-0.15, -0.1) is 0 Å². The Bertz CT molecular complexity index is 1010. The average molecular weight is 473 g/mol. The highest BCUT2D eigenvalue weighted by molar-refractivity contribution is 5.93. The summed E-state index contributed by atoms with van der Waals surface area (Å²) in [5.74, 6) is -0.978. The van der Waals surface area contributed by atoms with E-state index in [1.54, 1.807) is 0 Å². The van der Waals surface area contributed by atoms with Crippen LogP contribution >= 0.6 is 0 Å². The second-order valence-corrected chi connectivity index (χ2v) is 8.22. The fourth-order valence-corrected chi connectivity index (χ4v) is 3.78. The maximum absolute atomic E-state index is 13.0. The SMILES string of the molecule is COc1cc(C(=O)OCC(=O)N[C@@H]2CCCC[C@H]2C)ccc1OCC(=O)Nc1ccc(F)cc1. The maximum Gasteiger partial charge on any atom is 0.338 e. The molecule has 0 bridgehead atoms. The standard InChI is InChI=1S/C25H29FN2O6/c1-16-5-3-4-6-20(16)28-24(30)15-34-25(31)17-7-12-21(22(13-17)32-2)33-14-23(29)27-19-10-8-18(26)9-11-19/h7-13,16,20H,3-6,14-15H2,1-2H3,(H,27,29)(H,28,30)/t16-,20-/m1/s1. The molecule has 3 rings (SSSR count). The van der Waals surface area contributed by atoms with Crippen molar-refractivity contribution < 1.29 is 33.0 Å². The third kappa shape index (κ3) is 7.19. The van der Waals surface area contributed by atoms with Crippen molar-refractivity contribution >= 4 is 23.5 Å². The third-order valence-electron chi connectivity index (χ3n) is 5.68. The summed E-state index contributed by atoms with van der Waals surface area (Å²) in [5, 5.41) is 5.52. The Morgan fingerprint density at radius 3 is 2.41 bits per heavy atom. The van der Waals surface area contributed by atoms with Gasteiger partial charge in [0, 0.05) is 11.7 Å². The Labute approximate surface area is 197 Å². The van der Waals surface area contributed by atoms with Gasteiger partial charge in [0.15, 0.2) is 24.7 Å². The number of amides is 2. The summed E-state index contributed by atoms with van der Waals surface area (Å²) in [6.07, 6.45) is 4.26. The number of esters is 1. The molecule has 34 heavy (non-hydrogen) atoms. The van der Waals surface area contributed by atoms with Gasteiger partial charge < -0.3 is 24.8 Å². The fraction of sp³-hybridized carbons (Fsp3) is 0.400. The van der Waals surface area contributed by atoms with Crippen molar-refractivity contribution in [3.8, 4) is 11.5 Å². The van der Waals surface area contributed by atoms with Crippen LogP contribution in [0.2, 0.25) is 0 Å². The van der Waals surface area contributed by atoms with Crippen LogP contribution in [0.25, 0.3) is 0 Å². The minimum absolute atomic E-state index is 0.108. The van der Waals surface area contributed by atoms with E-state index in [1.165, 1.54) is 56.0 Å². The van der Waals surface area contributed by atoms with E-state index in [1.807, 2.05) is 0 Å². The summed E-state index contributed by atoms with van der Waals surface area (Å²) in [7, 11) is 1.40. The number of nitrogens with one attached hydrogen (secondary N) is 2. The molecule has 0 spiro atoms. The quantitative estimate of drug-likeness (QED) is 0.540. The van der Waals surface area contributed by atoms with Gasteiger partial charge in [-0.25, -0.2) is 9.18 Å². The molecular weight excluding hydrogens is 443 g/mol. The zero-order valence-corrected chi connectivity index (χ0v) is 19.3. The minimum atomic E-state index is -0.675. The molecule has 9 heteroatoms. The molecule has 2 aromatic carbocycles. The first-order chi connectivity index (χ1) is 16.4. The summed E-state index contributed by atoms with van der Waals surface area (Å²) < 4.78 is 28.8. The minimum Gasteiger partial charge on any atom is -0.493 e. The first kappa shape index (κ1) is 25.0. The van der Waals surface area contributed by atoms with Gasteiger partial charge in [-0.1, -0.05) is 19.8 Å². The number of carbonyl (C=O) groups is 3. The van der Waals surface area contributed by atoms with E-state index >= 15 is 0 Å². The van der Waals surface area contributed by atoms with Crippen molar-refractivity contribution in [2.45, 2.75) is 38.6 Å². The number of rotatable bonds is 9. The lowest BCUT2D eigenvalue weighted by molar-refractivity contribution is -0.125. The van der Waals surface area contributed by atoms with E-state index in [-0.39, 0.29) is 42.2 Å². The Morgan fingerprint density at radius 1 is 0.971 bits per heavy atom. The molecule has 0 saturated heterocycles. The van der Waals surface area contributed by atoms with Gasteiger partial charge in [0.1, 0.15) is 5.82 Å². The van der Waals surface area contributed by atoms with E-state index in [2.05, 4.69) is 17.6 Å². The first-order valence-electron chi connectivity index (χ1n) is 11.2. The molecule has 1 aliphatic rings. The van der Waals surface area contributed by atoms with Crippen molar-refractivity contribution in [2.75, 3.05) is 25.6 Å². The average Bonchev–Trinajstić information content (AvgIpc) is 2.84. The Hall–Kier alpha value is -3.62. The van der Waals surface area contributed by atoms with Gasteiger partial charge in [-0.2, -0.15) is 0 Å². The molecule has 1 fully saturated rings. The van der Waals surface area contributed by atoms with Gasteiger partial charge in [-0.05, 0) is 61.2 Å². The number of halogens is 1.